The van der Waals surface area contributed by atoms with Crippen molar-refractivity contribution < 1.29 is 18.3 Å². The lowest BCUT2D eigenvalue weighted by atomic mass is 10.0. The second-order valence-electron chi connectivity index (χ2n) is 4.73. The minimum absolute atomic E-state index is 0.00930. The van der Waals surface area contributed by atoms with Gasteiger partial charge in [0.05, 0.1) is 6.04 Å². The molecule has 2 rings (SSSR count). The summed E-state index contributed by atoms with van der Waals surface area (Å²) in [5.74, 6) is -0.00930. The van der Waals surface area contributed by atoms with Crippen molar-refractivity contribution in [2.75, 3.05) is 26.2 Å². The monoisotopic (exact) mass is 318 g/mol. The number of alkyl halides is 3. The first-order valence-corrected chi connectivity index (χ1v) is 7.38. The molecule has 1 aliphatic rings. The predicted octanol–water partition coefficient (Wildman–Crippen LogP) is 3.14. The van der Waals surface area contributed by atoms with Gasteiger partial charge in [0.25, 0.3) is 0 Å². The average molecular weight is 318 g/mol. The summed E-state index contributed by atoms with van der Waals surface area (Å²) in [4.78, 5) is 2.15. The Kier molecular flexibility index (Phi) is 5.18. The third kappa shape index (κ3) is 4.39. The Morgan fingerprint density at radius 1 is 1.33 bits per heavy atom. The fourth-order valence-electron chi connectivity index (χ4n) is 2.40. The lowest BCUT2D eigenvalue weighted by Crippen LogP contribution is -2.44. The number of thioether (sulfide) groups is 1. The van der Waals surface area contributed by atoms with Gasteiger partial charge < -0.3 is 10.4 Å². The van der Waals surface area contributed by atoms with Gasteiger partial charge in [0.15, 0.2) is 0 Å². The lowest BCUT2D eigenvalue weighted by Gasteiger charge is -2.33. The minimum atomic E-state index is -4.34. The van der Waals surface area contributed by atoms with Crippen LogP contribution in [0.2, 0.25) is 0 Å². The summed E-state index contributed by atoms with van der Waals surface area (Å²) in [7, 11) is 0. The summed E-state index contributed by atoms with van der Waals surface area (Å²) in [6, 6.07) is 3.68. The number of benzene rings is 1. The molecule has 0 aliphatic carbocycles. The van der Waals surface area contributed by atoms with Gasteiger partial charge in [-0.3, -0.25) is 4.90 Å². The summed E-state index contributed by atoms with van der Waals surface area (Å²) in [5.41, 5.74) is -3.88. The molecule has 0 unspecified atom stereocenters. The number of phenolic OH excluding ortho intramolecular Hbond substituents is 1. The first-order chi connectivity index (χ1) is 9.90. The second-order valence-corrected chi connectivity index (χ2v) is 5.87. The fraction of sp³-hybridized carbons (Fsp3) is 0.429. The van der Waals surface area contributed by atoms with E-state index in [9.17, 15) is 18.3 Å². The maximum Gasteiger partial charge on any atom is 0.446 e. The van der Waals surface area contributed by atoms with Crippen molar-refractivity contribution in [3.8, 4) is 5.75 Å². The fourth-order valence-corrected chi connectivity index (χ4v) is 2.99. The quantitative estimate of drug-likeness (QED) is 0.660. The molecule has 116 valence electrons. The van der Waals surface area contributed by atoms with E-state index >= 15 is 0 Å². The van der Waals surface area contributed by atoms with E-state index in [0.29, 0.717) is 5.56 Å². The third-order valence-corrected chi connectivity index (χ3v) is 4.04. The minimum Gasteiger partial charge on any atom is -0.508 e. The Morgan fingerprint density at radius 3 is 2.57 bits per heavy atom. The van der Waals surface area contributed by atoms with Crippen LogP contribution in [0.4, 0.5) is 13.2 Å². The first-order valence-electron chi connectivity index (χ1n) is 6.56. The zero-order valence-electron chi connectivity index (χ0n) is 11.4. The molecular formula is C14H17F3N2OS. The smallest absolute Gasteiger partial charge is 0.446 e. The van der Waals surface area contributed by atoms with E-state index in [1.807, 2.05) is 0 Å². The molecule has 1 aliphatic heterocycles. The van der Waals surface area contributed by atoms with E-state index in [1.54, 1.807) is 6.08 Å². The summed E-state index contributed by atoms with van der Waals surface area (Å²) >= 11 is -0.178. The largest absolute Gasteiger partial charge is 0.508 e. The van der Waals surface area contributed by atoms with Gasteiger partial charge in [0, 0.05) is 36.6 Å². The Hall–Kier alpha value is -1.18. The predicted molar refractivity (Wildman–Crippen MR) is 77.4 cm³/mol. The third-order valence-electron chi connectivity index (χ3n) is 3.32. The molecule has 1 fully saturated rings. The van der Waals surface area contributed by atoms with E-state index in [2.05, 4.69) is 16.8 Å². The number of hydrogen-bond donors (Lipinski definition) is 2. The highest BCUT2D eigenvalue weighted by Gasteiger charge is 2.30. The molecule has 2 N–H and O–H groups in total. The second kappa shape index (κ2) is 6.72. The van der Waals surface area contributed by atoms with Crippen LogP contribution in [0.25, 0.3) is 0 Å². The Morgan fingerprint density at radius 2 is 2.00 bits per heavy atom. The van der Waals surface area contributed by atoms with Crippen molar-refractivity contribution in [2.45, 2.75) is 16.4 Å². The Labute approximate surface area is 125 Å². The van der Waals surface area contributed by atoms with Gasteiger partial charge in [0.2, 0.25) is 0 Å². The maximum absolute atomic E-state index is 12.5. The van der Waals surface area contributed by atoms with Gasteiger partial charge in [0.1, 0.15) is 5.75 Å². The molecule has 7 heteroatoms. The maximum atomic E-state index is 12.5. The standard InChI is InChI=1S/C14H17F3N2OS/c1-2-12(19-7-5-18-6-8-19)11-9-10(3-4-13(11)20)21-14(15,16)17/h2-4,9,12,18,20H,1,5-8H2/t12-/m0/s1. The molecule has 0 bridgehead atoms. The topological polar surface area (TPSA) is 35.5 Å². The normalized spacial score (nSPS) is 18.4. The van der Waals surface area contributed by atoms with Crippen LogP contribution < -0.4 is 5.32 Å². The van der Waals surface area contributed by atoms with Crippen LogP contribution in [0, 0.1) is 0 Å². The summed E-state index contributed by atoms with van der Waals surface area (Å²) < 4.78 is 37.4. The number of hydrogen-bond acceptors (Lipinski definition) is 4. The van der Waals surface area contributed by atoms with Gasteiger partial charge in [-0.2, -0.15) is 13.2 Å². The lowest BCUT2D eigenvalue weighted by molar-refractivity contribution is -0.0328. The first kappa shape index (κ1) is 16.2. The average Bonchev–Trinajstić information content (AvgIpc) is 2.43. The van der Waals surface area contributed by atoms with Gasteiger partial charge in [-0.15, -0.1) is 6.58 Å². The molecule has 3 nitrogen and oxygen atoms in total. The molecule has 1 atom stereocenters. The van der Waals surface area contributed by atoms with E-state index in [1.165, 1.54) is 18.2 Å². The zero-order valence-corrected chi connectivity index (χ0v) is 12.2. The molecule has 1 aromatic rings. The zero-order chi connectivity index (χ0) is 15.5. The van der Waals surface area contributed by atoms with Crippen LogP contribution in [0.5, 0.6) is 5.75 Å². The van der Waals surface area contributed by atoms with Crippen molar-refractivity contribution in [1.29, 1.82) is 0 Å². The SMILES string of the molecule is C=C[C@@H](c1cc(SC(F)(F)F)ccc1O)N1CCNCC1. The van der Waals surface area contributed by atoms with E-state index in [0.717, 1.165) is 26.2 Å². The van der Waals surface area contributed by atoms with E-state index in [-0.39, 0.29) is 28.4 Å². The molecule has 21 heavy (non-hydrogen) atoms. The molecule has 0 aromatic heterocycles. The molecule has 1 heterocycles. The number of phenols is 1. The number of halogens is 3. The van der Waals surface area contributed by atoms with Crippen LogP contribution in [-0.2, 0) is 0 Å². The van der Waals surface area contributed by atoms with Gasteiger partial charge >= 0.3 is 5.51 Å². The van der Waals surface area contributed by atoms with Crippen LogP contribution in [0.15, 0.2) is 35.7 Å². The number of aromatic hydroxyl groups is 1. The van der Waals surface area contributed by atoms with Crippen molar-refractivity contribution >= 4 is 11.8 Å². The molecule has 0 saturated carbocycles. The summed E-state index contributed by atoms with van der Waals surface area (Å²) in [6.45, 7) is 6.88. The van der Waals surface area contributed by atoms with Crippen molar-refractivity contribution in [3.63, 3.8) is 0 Å². The Bertz CT molecular complexity index is 501. The van der Waals surface area contributed by atoms with Crippen molar-refractivity contribution in [1.82, 2.24) is 10.2 Å². The molecular weight excluding hydrogens is 301 g/mol. The van der Waals surface area contributed by atoms with Gasteiger partial charge in [-0.1, -0.05) is 6.08 Å². The van der Waals surface area contributed by atoms with Crippen molar-refractivity contribution in [3.05, 3.63) is 36.4 Å². The highest BCUT2D eigenvalue weighted by Crippen LogP contribution is 2.40. The van der Waals surface area contributed by atoms with Crippen LogP contribution in [0.1, 0.15) is 11.6 Å². The van der Waals surface area contributed by atoms with Crippen LogP contribution >= 0.6 is 11.8 Å². The molecule has 1 saturated heterocycles. The Balaban J connectivity index is 2.27. The number of rotatable bonds is 4. The van der Waals surface area contributed by atoms with Crippen LogP contribution in [-0.4, -0.2) is 41.7 Å². The van der Waals surface area contributed by atoms with Gasteiger partial charge in [-0.05, 0) is 30.0 Å². The molecule has 0 radical (unpaired) electrons. The molecule has 1 aromatic carbocycles. The number of nitrogens with one attached hydrogen (secondary N) is 1. The molecule has 0 spiro atoms. The van der Waals surface area contributed by atoms with Crippen LogP contribution in [0.3, 0.4) is 0 Å². The highest BCUT2D eigenvalue weighted by atomic mass is 32.2. The summed E-state index contributed by atoms with van der Waals surface area (Å²) in [5, 5.41) is 13.2. The van der Waals surface area contributed by atoms with Crippen molar-refractivity contribution in [2.24, 2.45) is 0 Å². The van der Waals surface area contributed by atoms with E-state index in [4.69, 9.17) is 0 Å². The number of piperazine rings is 1. The highest BCUT2D eigenvalue weighted by molar-refractivity contribution is 8.00. The van der Waals surface area contributed by atoms with Gasteiger partial charge in [-0.25, -0.2) is 0 Å². The number of nitrogens with zero attached hydrogens (tertiary/aromatic N) is 1. The van der Waals surface area contributed by atoms with E-state index < -0.39 is 5.51 Å². The molecule has 0 amide bonds. The summed E-state index contributed by atoms with van der Waals surface area (Å²) in [6.07, 6.45) is 1.66.